The molecule has 21 heavy (non-hydrogen) atoms. The number of esters is 1. The van der Waals surface area contributed by atoms with E-state index in [2.05, 4.69) is 0 Å². The van der Waals surface area contributed by atoms with Crippen molar-refractivity contribution in [3.05, 3.63) is 34.2 Å². The summed E-state index contributed by atoms with van der Waals surface area (Å²) in [4.78, 5) is 22.6. The highest BCUT2D eigenvalue weighted by Crippen LogP contribution is 2.28. The second-order valence-corrected chi connectivity index (χ2v) is 4.56. The molecule has 7 heteroatoms. The van der Waals surface area contributed by atoms with Gasteiger partial charge < -0.3 is 9.30 Å². The first-order valence-corrected chi connectivity index (χ1v) is 6.78. The van der Waals surface area contributed by atoms with Gasteiger partial charge in [0.15, 0.2) is 0 Å². The van der Waals surface area contributed by atoms with Crippen LogP contribution in [-0.4, -0.2) is 17.1 Å². The third kappa shape index (κ3) is 6.01. The first-order valence-electron chi connectivity index (χ1n) is 6.78. The predicted molar refractivity (Wildman–Crippen MR) is 70.8 cm³/mol. The molecule has 0 aromatic carbocycles. The van der Waals surface area contributed by atoms with Crippen LogP contribution in [0.2, 0.25) is 0 Å². The van der Waals surface area contributed by atoms with Crippen molar-refractivity contribution in [2.45, 2.75) is 45.3 Å². The molecule has 0 aliphatic rings. The molecule has 0 fully saturated rings. The summed E-state index contributed by atoms with van der Waals surface area (Å²) in [5.41, 5.74) is -1.30. The summed E-state index contributed by atoms with van der Waals surface area (Å²) in [5, 5.41) is 0. The number of carbonyl (C=O) groups excluding carboxylic acids is 1. The Kier molecular flexibility index (Phi) is 6.45. The fourth-order valence-corrected chi connectivity index (χ4v) is 1.84. The lowest BCUT2D eigenvalue weighted by Crippen LogP contribution is -2.21. The van der Waals surface area contributed by atoms with E-state index in [-0.39, 0.29) is 18.9 Å². The molecule has 0 unspecified atom stereocenters. The molecule has 118 valence electrons. The molecule has 0 saturated heterocycles. The molecule has 0 amide bonds. The molecule has 0 bridgehead atoms. The minimum Gasteiger partial charge on any atom is -0.466 e. The van der Waals surface area contributed by atoms with Crippen molar-refractivity contribution < 1.29 is 22.7 Å². The van der Waals surface area contributed by atoms with Gasteiger partial charge in [0.05, 0.1) is 12.2 Å². The monoisotopic (exact) mass is 305 g/mol. The average Bonchev–Trinajstić information content (AvgIpc) is 2.39. The van der Waals surface area contributed by atoms with Crippen molar-refractivity contribution in [2.75, 3.05) is 6.61 Å². The highest BCUT2D eigenvalue weighted by molar-refractivity contribution is 5.69. The van der Waals surface area contributed by atoms with E-state index in [0.717, 1.165) is 22.9 Å². The quantitative estimate of drug-likeness (QED) is 0.575. The summed E-state index contributed by atoms with van der Waals surface area (Å²) >= 11 is 0. The van der Waals surface area contributed by atoms with Crippen molar-refractivity contribution in [3.8, 4) is 0 Å². The predicted octanol–water partition coefficient (Wildman–Crippen LogP) is 2.99. The van der Waals surface area contributed by atoms with E-state index < -0.39 is 17.3 Å². The Morgan fingerprint density at radius 3 is 2.57 bits per heavy atom. The number of ether oxygens (including phenoxy) is 1. The van der Waals surface area contributed by atoms with Gasteiger partial charge in [0.25, 0.3) is 5.56 Å². The molecular formula is C14H18F3NO3. The third-order valence-corrected chi connectivity index (χ3v) is 2.90. The molecular weight excluding hydrogens is 287 g/mol. The van der Waals surface area contributed by atoms with Crippen LogP contribution in [0, 0.1) is 0 Å². The average molecular weight is 305 g/mol. The molecule has 1 heterocycles. The van der Waals surface area contributed by atoms with Gasteiger partial charge in [0, 0.05) is 25.2 Å². The fraction of sp³-hybridized carbons (Fsp3) is 0.571. The Morgan fingerprint density at radius 2 is 1.95 bits per heavy atom. The standard InChI is InChI=1S/C14H18F3NO3/c1-2-21-13(20)6-4-3-5-9-18-10-11(14(15,16)17)7-8-12(18)19/h7-8,10H,2-6,9H2,1H3. The first-order chi connectivity index (χ1) is 9.84. The molecule has 0 N–H and O–H groups in total. The topological polar surface area (TPSA) is 48.3 Å². The van der Waals surface area contributed by atoms with E-state index in [1.165, 1.54) is 0 Å². The summed E-state index contributed by atoms with van der Waals surface area (Å²) in [7, 11) is 0. The molecule has 4 nitrogen and oxygen atoms in total. The lowest BCUT2D eigenvalue weighted by Gasteiger charge is -2.10. The fourth-order valence-electron chi connectivity index (χ4n) is 1.84. The maximum atomic E-state index is 12.5. The number of hydrogen-bond donors (Lipinski definition) is 0. The molecule has 0 aliphatic heterocycles. The number of aryl methyl sites for hydroxylation is 1. The highest BCUT2D eigenvalue weighted by atomic mass is 19.4. The van der Waals surface area contributed by atoms with Crippen LogP contribution in [0.4, 0.5) is 13.2 Å². The maximum absolute atomic E-state index is 12.5. The van der Waals surface area contributed by atoms with E-state index in [1.807, 2.05) is 0 Å². The SMILES string of the molecule is CCOC(=O)CCCCCn1cc(C(F)(F)F)ccc1=O. The number of rotatable bonds is 7. The molecule has 0 radical (unpaired) electrons. The molecule has 0 atom stereocenters. The van der Waals surface area contributed by atoms with Crippen molar-refractivity contribution >= 4 is 5.97 Å². The van der Waals surface area contributed by atoms with E-state index >= 15 is 0 Å². The normalized spacial score (nSPS) is 11.4. The smallest absolute Gasteiger partial charge is 0.417 e. The molecule has 0 aliphatic carbocycles. The number of hydrogen-bond acceptors (Lipinski definition) is 3. The number of aromatic nitrogens is 1. The Balaban J connectivity index is 2.45. The van der Waals surface area contributed by atoms with Gasteiger partial charge in [-0.1, -0.05) is 6.42 Å². The van der Waals surface area contributed by atoms with E-state index in [0.29, 0.717) is 25.9 Å². The summed E-state index contributed by atoms with van der Waals surface area (Å²) in [6, 6.07) is 1.70. The van der Waals surface area contributed by atoms with Crippen molar-refractivity contribution in [2.24, 2.45) is 0 Å². The Morgan fingerprint density at radius 1 is 1.24 bits per heavy atom. The zero-order valence-electron chi connectivity index (χ0n) is 11.8. The minimum atomic E-state index is -4.46. The lowest BCUT2D eigenvalue weighted by molar-refractivity contribution is -0.143. The van der Waals surface area contributed by atoms with Crippen LogP contribution in [0.5, 0.6) is 0 Å². The summed E-state index contributed by atoms with van der Waals surface area (Å²) in [5.74, 6) is -0.284. The zero-order chi connectivity index (χ0) is 15.9. The second kappa shape index (κ2) is 7.85. The van der Waals surface area contributed by atoms with E-state index in [1.54, 1.807) is 6.92 Å². The van der Waals surface area contributed by atoms with E-state index in [9.17, 15) is 22.8 Å². The molecule has 0 spiro atoms. The zero-order valence-corrected chi connectivity index (χ0v) is 11.8. The number of unbranched alkanes of at least 4 members (excludes halogenated alkanes) is 2. The van der Waals surface area contributed by atoms with Crippen LogP contribution in [-0.2, 0) is 22.3 Å². The number of nitrogens with zero attached hydrogens (tertiary/aromatic N) is 1. The van der Waals surface area contributed by atoms with Crippen molar-refractivity contribution in [3.63, 3.8) is 0 Å². The van der Waals surface area contributed by atoms with Gasteiger partial charge >= 0.3 is 12.1 Å². The summed E-state index contributed by atoms with van der Waals surface area (Å²) in [6.07, 6.45) is -1.59. The van der Waals surface area contributed by atoms with Gasteiger partial charge in [-0.25, -0.2) is 0 Å². The Hall–Kier alpha value is -1.79. The Bertz CT molecular complexity index is 523. The largest absolute Gasteiger partial charge is 0.466 e. The molecule has 1 rings (SSSR count). The molecule has 1 aromatic rings. The number of pyridine rings is 1. The first kappa shape index (κ1) is 17.3. The van der Waals surface area contributed by atoms with Crippen LogP contribution in [0.15, 0.2) is 23.1 Å². The van der Waals surface area contributed by atoms with Gasteiger partial charge in [-0.15, -0.1) is 0 Å². The van der Waals surface area contributed by atoms with Gasteiger partial charge in [-0.2, -0.15) is 13.2 Å². The van der Waals surface area contributed by atoms with Gasteiger partial charge in [0.2, 0.25) is 0 Å². The van der Waals surface area contributed by atoms with E-state index in [4.69, 9.17) is 4.74 Å². The number of alkyl halides is 3. The van der Waals surface area contributed by atoms with Crippen LogP contribution >= 0.6 is 0 Å². The molecule has 0 saturated carbocycles. The second-order valence-electron chi connectivity index (χ2n) is 4.56. The van der Waals surface area contributed by atoms with Crippen molar-refractivity contribution in [1.82, 2.24) is 4.57 Å². The van der Waals surface area contributed by atoms with Gasteiger partial charge in [0.1, 0.15) is 0 Å². The van der Waals surface area contributed by atoms with Crippen LogP contribution in [0.25, 0.3) is 0 Å². The number of halogens is 3. The lowest BCUT2D eigenvalue weighted by atomic mass is 10.2. The van der Waals surface area contributed by atoms with Gasteiger partial charge in [-0.05, 0) is 25.8 Å². The summed E-state index contributed by atoms with van der Waals surface area (Å²) < 4.78 is 43.4. The minimum absolute atomic E-state index is 0.200. The van der Waals surface area contributed by atoms with Gasteiger partial charge in [-0.3, -0.25) is 9.59 Å². The Labute approximate surface area is 120 Å². The van der Waals surface area contributed by atoms with Crippen molar-refractivity contribution in [1.29, 1.82) is 0 Å². The van der Waals surface area contributed by atoms with Crippen LogP contribution in [0.1, 0.15) is 38.2 Å². The highest BCUT2D eigenvalue weighted by Gasteiger charge is 2.30. The van der Waals surface area contributed by atoms with Crippen LogP contribution < -0.4 is 5.56 Å². The van der Waals surface area contributed by atoms with Crippen LogP contribution in [0.3, 0.4) is 0 Å². The summed E-state index contributed by atoms with van der Waals surface area (Å²) in [6.45, 7) is 2.25. The molecule has 1 aromatic heterocycles. The maximum Gasteiger partial charge on any atom is 0.417 e. The third-order valence-electron chi connectivity index (χ3n) is 2.90. The number of carbonyl (C=O) groups is 1.